The predicted octanol–water partition coefficient (Wildman–Crippen LogP) is 1.84. The predicted molar refractivity (Wildman–Crippen MR) is 84.9 cm³/mol. The first-order valence-corrected chi connectivity index (χ1v) is 7.38. The number of ether oxygens (including phenoxy) is 1. The van der Waals surface area contributed by atoms with E-state index < -0.39 is 0 Å². The molecule has 8 heteroatoms. The van der Waals surface area contributed by atoms with Crippen molar-refractivity contribution in [3.63, 3.8) is 0 Å². The van der Waals surface area contributed by atoms with Crippen molar-refractivity contribution in [3.8, 4) is 11.4 Å². The highest BCUT2D eigenvalue weighted by molar-refractivity contribution is 5.94. The van der Waals surface area contributed by atoms with E-state index in [1.165, 1.54) is 0 Å². The van der Waals surface area contributed by atoms with Gasteiger partial charge < -0.3 is 19.6 Å². The number of rotatable bonds is 6. The summed E-state index contributed by atoms with van der Waals surface area (Å²) in [7, 11) is 1.54. The molecule has 0 aliphatic rings. The fourth-order valence-electron chi connectivity index (χ4n) is 2.20. The molecule has 3 rings (SSSR count). The Bertz CT molecular complexity index is 825. The van der Waals surface area contributed by atoms with E-state index in [2.05, 4.69) is 25.4 Å². The van der Waals surface area contributed by atoms with E-state index in [9.17, 15) is 4.79 Å². The molecule has 2 heterocycles. The molecular formula is C16H17N5O3. The minimum atomic E-state index is -0.308. The number of aromatic amines is 1. The molecule has 3 aromatic rings. The smallest absolute Gasteiger partial charge is 0.272 e. The number of hydrogen-bond acceptors (Lipinski definition) is 6. The Morgan fingerprint density at radius 1 is 1.29 bits per heavy atom. The van der Waals surface area contributed by atoms with Crippen LogP contribution in [0.3, 0.4) is 0 Å². The number of imidazole rings is 1. The second kappa shape index (κ2) is 7.05. The lowest BCUT2D eigenvalue weighted by molar-refractivity contribution is 0.0941. The topological polar surface area (TPSA) is 106 Å². The van der Waals surface area contributed by atoms with Crippen LogP contribution in [0.4, 0.5) is 0 Å². The lowest BCUT2D eigenvalue weighted by atomic mass is 10.2. The number of H-pyrrole nitrogens is 1. The molecule has 0 spiro atoms. The van der Waals surface area contributed by atoms with Gasteiger partial charge in [-0.3, -0.25) is 4.79 Å². The van der Waals surface area contributed by atoms with Gasteiger partial charge in [-0.05, 0) is 6.92 Å². The summed E-state index contributed by atoms with van der Waals surface area (Å²) in [6.45, 7) is 2.19. The maximum absolute atomic E-state index is 12.3. The highest BCUT2D eigenvalue weighted by Gasteiger charge is 2.16. The number of benzene rings is 1. The van der Waals surface area contributed by atoms with E-state index in [1.54, 1.807) is 14.0 Å². The third-order valence-electron chi connectivity index (χ3n) is 3.33. The maximum atomic E-state index is 12.3. The van der Waals surface area contributed by atoms with Gasteiger partial charge >= 0.3 is 0 Å². The summed E-state index contributed by atoms with van der Waals surface area (Å²) in [5.41, 5.74) is 1.95. The summed E-state index contributed by atoms with van der Waals surface area (Å²) in [6.07, 6.45) is 0. The fraction of sp³-hybridized carbons (Fsp3) is 0.250. The second-order valence-corrected chi connectivity index (χ2v) is 5.15. The Balaban J connectivity index is 1.67. The largest absolute Gasteiger partial charge is 0.377 e. The van der Waals surface area contributed by atoms with Crippen molar-refractivity contribution in [2.75, 3.05) is 7.11 Å². The maximum Gasteiger partial charge on any atom is 0.272 e. The molecule has 2 aromatic heterocycles. The summed E-state index contributed by atoms with van der Waals surface area (Å²) >= 11 is 0. The molecule has 0 radical (unpaired) electrons. The van der Waals surface area contributed by atoms with E-state index in [0.29, 0.717) is 28.9 Å². The third kappa shape index (κ3) is 3.49. The van der Waals surface area contributed by atoms with Crippen molar-refractivity contribution in [1.82, 2.24) is 25.4 Å². The van der Waals surface area contributed by atoms with Gasteiger partial charge in [-0.15, -0.1) is 0 Å². The van der Waals surface area contributed by atoms with Crippen LogP contribution in [0, 0.1) is 6.92 Å². The van der Waals surface area contributed by atoms with Crippen LogP contribution in [0.15, 0.2) is 34.9 Å². The van der Waals surface area contributed by atoms with Crippen LogP contribution in [-0.2, 0) is 17.9 Å². The van der Waals surface area contributed by atoms with Crippen molar-refractivity contribution in [2.24, 2.45) is 0 Å². The number of carbonyl (C=O) groups is 1. The third-order valence-corrected chi connectivity index (χ3v) is 3.33. The van der Waals surface area contributed by atoms with Crippen LogP contribution < -0.4 is 5.32 Å². The van der Waals surface area contributed by atoms with Gasteiger partial charge in [0.2, 0.25) is 5.89 Å². The van der Waals surface area contributed by atoms with Crippen LogP contribution in [-0.4, -0.2) is 33.1 Å². The van der Waals surface area contributed by atoms with Gasteiger partial charge in [0, 0.05) is 18.4 Å². The van der Waals surface area contributed by atoms with Crippen molar-refractivity contribution in [3.05, 3.63) is 53.4 Å². The normalized spacial score (nSPS) is 10.8. The SMILES string of the molecule is COCc1noc(CNC(=O)c2nc(-c3ccccc3)[nH]c2C)n1. The molecule has 8 nitrogen and oxygen atoms in total. The first kappa shape index (κ1) is 15.9. The quantitative estimate of drug-likeness (QED) is 0.715. The Morgan fingerprint density at radius 3 is 2.83 bits per heavy atom. The molecule has 1 amide bonds. The monoisotopic (exact) mass is 327 g/mol. The molecule has 0 bridgehead atoms. The first-order valence-electron chi connectivity index (χ1n) is 7.38. The summed E-state index contributed by atoms with van der Waals surface area (Å²) in [5, 5.41) is 6.45. The van der Waals surface area contributed by atoms with Gasteiger partial charge in [-0.2, -0.15) is 4.98 Å². The number of methoxy groups -OCH3 is 1. The summed E-state index contributed by atoms with van der Waals surface area (Å²) < 4.78 is 9.93. The van der Waals surface area contributed by atoms with E-state index in [-0.39, 0.29) is 19.1 Å². The van der Waals surface area contributed by atoms with Gasteiger partial charge in [0.15, 0.2) is 5.82 Å². The average molecular weight is 327 g/mol. The number of nitrogens with zero attached hydrogens (tertiary/aromatic N) is 3. The molecule has 0 fully saturated rings. The second-order valence-electron chi connectivity index (χ2n) is 5.15. The Hall–Kier alpha value is -3.00. The van der Waals surface area contributed by atoms with E-state index in [0.717, 1.165) is 5.56 Å². The highest BCUT2D eigenvalue weighted by Crippen LogP contribution is 2.17. The molecule has 124 valence electrons. The molecule has 0 aliphatic carbocycles. The minimum absolute atomic E-state index is 0.127. The van der Waals surface area contributed by atoms with E-state index >= 15 is 0 Å². The van der Waals surface area contributed by atoms with Crippen molar-refractivity contribution in [1.29, 1.82) is 0 Å². The first-order chi connectivity index (χ1) is 11.7. The molecule has 0 saturated carbocycles. The molecular weight excluding hydrogens is 310 g/mol. The van der Waals surface area contributed by atoms with Gasteiger partial charge in [-0.1, -0.05) is 35.5 Å². The number of aryl methyl sites for hydroxylation is 1. The number of hydrogen-bond donors (Lipinski definition) is 2. The number of aromatic nitrogens is 4. The molecule has 0 atom stereocenters. The lowest BCUT2D eigenvalue weighted by Crippen LogP contribution is -2.24. The Morgan fingerprint density at radius 2 is 2.08 bits per heavy atom. The van der Waals surface area contributed by atoms with Gasteiger partial charge in [0.1, 0.15) is 18.1 Å². The van der Waals surface area contributed by atoms with Crippen molar-refractivity contribution >= 4 is 5.91 Å². The molecule has 0 aliphatic heterocycles. The van der Waals surface area contributed by atoms with E-state index in [1.807, 2.05) is 30.3 Å². The molecule has 24 heavy (non-hydrogen) atoms. The van der Waals surface area contributed by atoms with Crippen LogP contribution in [0.25, 0.3) is 11.4 Å². The molecule has 2 N–H and O–H groups in total. The molecule has 0 unspecified atom stereocenters. The minimum Gasteiger partial charge on any atom is -0.377 e. The fourth-order valence-corrected chi connectivity index (χ4v) is 2.20. The summed E-state index contributed by atoms with van der Waals surface area (Å²) in [5.74, 6) is 1.09. The van der Waals surface area contributed by atoms with Crippen molar-refractivity contribution < 1.29 is 14.1 Å². The van der Waals surface area contributed by atoms with Crippen molar-refractivity contribution in [2.45, 2.75) is 20.1 Å². The van der Waals surface area contributed by atoms with Gasteiger partial charge in [-0.25, -0.2) is 4.98 Å². The zero-order valence-electron chi connectivity index (χ0n) is 13.4. The average Bonchev–Trinajstić information content (AvgIpc) is 3.20. The number of amides is 1. The van der Waals surface area contributed by atoms with E-state index in [4.69, 9.17) is 9.26 Å². The zero-order valence-corrected chi connectivity index (χ0v) is 13.4. The Kier molecular flexibility index (Phi) is 4.66. The summed E-state index contributed by atoms with van der Waals surface area (Å²) in [6, 6.07) is 9.61. The van der Waals surface area contributed by atoms with Crippen LogP contribution in [0.1, 0.15) is 27.9 Å². The standard InChI is InChI=1S/C16H17N5O3/c1-10-14(20-15(18-10)11-6-4-3-5-7-11)16(22)17-8-13-19-12(9-23-2)21-24-13/h3-7H,8-9H2,1-2H3,(H,17,22)(H,18,20). The zero-order chi connectivity index (χ0) is 16.9. The molecule has 1 aromatic carbocycles. The van der Waals surface area contributed by atoms with Gasteiger partial charge in [0.25, 0.3) is 5.91 Å². The highest BCUT2D eigenvalue weighted by atomic mass is 16.5. The van der Waals surface area contributed by atoms with Gasteiger partial charge in [0.05, 0.1) is 6.54 Å². The van der Waals surface area contributed by atoms with Crippen LogP contribution in [0.5, 0.6) is 0 Å². The molecule has 0 saturated heterocycles. The lowest BCUT2D eigenvalue weighted by Gasteiger charge is -1.99. The number of nitrogens with one attached hydrogen (secondary N) is 2. The van der Waals surface area contributed by atoms with Crippen LogP contribution in [0.2, 0.25) is 0 Å². The Labute approximate surface area is 138 Å². The summed E-state index contributed by atoms with van der Waals surface area (Å²) in [4.78, 5) is 23.9. The van der Waals surface area contributed by atoms with Crippen LogP contribution >= 0.6 is 0 Å². The number of carbonyl (C=O) groups excluding carboxylic acids is 1.